The Morgan fingerprint density at radius 2 is 1.95 bits per heavy atom. The minimum atomic E-state index is -0.207. The molecule has 11 heteroatoms. The average molecular weight is 537 g/mol. The molecule has 4 aromatic rings. The number of hydrogen-bond donors (Lipinski definition) is 1. The number of ether oxygens (including phenoxy) is 1. The zero-order valence-corrected chi connectivity index (χ0v) is 22.1. The third-order valence-electron chi connectivity index (χ3n) is 8.62. The first-order valence-electron chi connectivity index (χ1n) is 13.7. The molecule has 0 atom stereocenters. The van der Waals surface area contributed by atoms with Crippen molar-refractivity contribution in [2.75, 3.05) is 37.0 Å². The van der Waals surface area contributed by atoms with E-state index < -0.39 is 0 Å². The smallest absolute Gasteiger partial charge is 0.278 e. The van der Waals surface area contributed by atoms with Crippen LogP contribution in [0.15, 0.2) is 53.5 Å². The molecular weight excluding hydrogens is 508 g/mol. The predicted octanol–water partition coefficient (Wildman–Crippen LogP) is 2.88. The zero-order valence-electron chi connectivity index (χ0n) is 22.1. The molecule has 1 saturated carbocycles. The number of benzene rings is 1. The van der Waals surface area contributed by atoms with Gasteiger partial charge < -0.3 is 10.1 Å². The number of carbonyl (C=O) groups excluding carboxylic acids is 1. The predicted molar refractivity (Wildman–Crippen MR) is 149 cm³/mol. The first kappa shape index (κ1) is 23.4. The number of nitrogens with one attached hydrogen (secondary N) is 1. The molecule has 202 valence electrons. The Kier molecular flexibility index (Phi) is 4.96. The van der Waals surface area contributed by atoms with E-state index in [1.807, 2.05) is 12.2 Å². The fraction of sp³-hybridized carbons (Fsp3) is 0.345. The van der Waals surface area contributed by atoms with E-state index in [1.54, 1.807) is 32.6 Å². The SMILES string of the molecule is CN1CCc2cc(Nc3ncc4c(=O)n5n(c4n3)-c3ccc4c(n3)N(CCC=CC5)C(=O)CO4)ccc2C12CC2. The molecule has 0 saturated heterocycles. The van der Waals surface area contributed by atoms with Crippen LogP contribution >= 0.6 is 0 Å². The van der Waals surface area contributed by atoms with Crippen molar-refractivity contribution in [3.05, 3.63) is 70.2 Å². The van der Waals surface area contributed by atoms with Gasteiger partial charge in [-0.2, -0.15) is 4.98 Å². The molecular formula is C29H28N8O3. The van der Waals surface area contributed by atoms with E-state index in [9.17, 15) is 9.59 Å². The molecule has 4 aliphatic rings. The lowest BCUT2D eigenvalue weighted by Crippen LogP contribution is -2.40. The van der Waals surface area contributed by atoms with Crippen molar-refractivity contribution in [3.63, 3.8) is 0 Å². The van der Waals surface area contributed by atoms with Crippen LogP contribution in [-0.4, -0.2) is 61.9 Å². The number of rotatable bonds is 2. The molecule has 40 heavy (non-hydrogen) atoms. The number of allylic oxidation sites excluding steroid dienone is 1. The van der Waals surface area contributed by atoms with Crippen molar-refractivity contribution >= 4 is 34.4 Å². The van der Waals surface area contributed by atoms with Crippen LogP contribution in [0.4, 0.5) is 17.5 Å². The zero-order chi connectivity index (χ0) is 27.0. The highest BCUT2D eigenvalue weighted by Gasteiger charge is 2.50. The van der Waals surface area contributed by atoms with Gasteiger partial charge in [0.1, 0.15) is 5.39 Å². The lowest BCUT2D eigenvalue weighted by Gasteiger charge is -2.35. The Labute approximate surface area is 229 Å². The maximum absolute atomic E-state index is 13.5. The summed E-state index contributed by atoms with van der Waals surface area (Å²) >= 11 is 0. The van der Waals surface area contributed by atoms with E-state index in [2.05, 4.69) is 40.4 Å². The second kappa shape index (κ2) is 8.49. The van der Waals surface area contributed by atoms with Gasteiger partial charge in [0.15, 0.2) is 29.6 Å². The number of carbonyl (C=O) groups is 1. The summed E-state index contributed by atoms with van der Waals surface area (Å²) in [5.41, 5.74) is 4.15. The number of fused-ring (bicyclic) bond motifs is 7. The maximum Gasteiger partial charge on any atom is 0.278 e. The van der Waals surface area contributed by atoms with Gasteiger partial charge in [-0.3, -0.25) is 19.4 Å². The van der Waals surface area contributed by atoms with Gasteiger partial charge in [-0.25, -0.2) is 19.3 Å². The summed E-state index contributed by atoms with van der Waals surface area (Å²) in [6.07, 6.45) is 9.54. The number of pyridine rings is 1. The number of anilines is 3. The highest BCUT2D eigenvalue weighted by atomic mass is 16.5. The Hall–Kier alpha value is -4.51. The van der Waals surface area contributed by atoms with Gasteiger partial charge in [0, 0.05) is 30.5 Å². The summed E-state index contributed by atoms with van der Waals surface area (Å²) in [4.78, 5) is 44.3. The topological polar surface area (TPSA) is 110 Å². The molecule has 3 aliphatic heterocycles. The molecule has 8 rings (SSSR count). The van der Waals surface area contributed by atoms with E-state index in [-0.39, 0.29) is 23.6 Å². The minimum absolute atomic E-state index is 0.0163. The third-order valence-corrected chi connectivity index (χ3v) is 8.62. The Balaban J connectivity index is 1.23. The van der Waals surface area contributed by atoms with Crippen molar-refractivity contribution in [2.45, 2.75) is 37.8 Å². The molecule has 1 aromatic carbocycles. The minimum Gasteiger partial charge on any atom is -0.480 e. The maximum atomic E-state index is 13.5. The van der Waals surface area contributed by atoms with E-state index in [0.717, 1.165) is 18.7 Å². The number of likely N-dealkylation sites (N-methyl/N-ethyl adjacent to an activating group) is 1. The van der Waals surface area contributed by atoms with Crippen LogP contribution in [0, 0.1) is 0 Å². The summed E-state index contributed by atoms with van der Waals surface area (Å²) in [6.45, 7) is 1.86. The van der Waals surface area contributed by atoms with Crippen LogP contribution in [0.3, 0.4) is 0 Å². The van der Waals surface area contributed by atoms with Gasteiger partial charge in [0.05, 0.1) is 6.54 Å². The number of amides is 1. The van der Waals surface area contributed by atoms with Gasteiger partial charge in [0.25, 0.3) is 11.5 Å². The molecule has 1 amide bonds. The van der Waals surface area contributed by atoms with Gasteiger partial charge in [-0.1, -0.05) is 18.2 Å². The summed E-state index contributed by atoms with van der Waals surface area (Å²) < 4.78 is 8.94. The highest BCUT2D eigenvalue weighted by molar-refractivity contribution is 5.96. The van der Waals surface area contributed by atoms with Crippen molar-refractivity contribution in [2.24, 2.45) is 0 Å². The van der Waals surface area contributed by atoms with Gasteiger partial charge >= 0.3 is 0 Å². The van der Waals surface area contributed by atoms with Gasteiger partial charge in [-0.15, -0.1) is 0 Å². The van der Waals surface area contributed by atoms with Gasteiger partial charge in [-0.05, 0) is 68.1 Å². The fourth-order valence-electron chi connectivity index (χ4n) is 6.34. The van der Waals surface area contributed by atoms with Crippen molar-refractivity contribution in [3.8, 4) is 11.6 Å². The second-order valence-corrected chi connectivity index (χ2v) is 10.9. The first-order valence-corrected chi connectivity index (χ1v) is 13.7. The van der Waals surface area contributed by atoms with E-state index in [4.69, 9.17) is 14.7 Å². The molecule has 11 nitrogen and oxygen atoms in total. The van der Waals surface area contributed by atoms with Crippen LogP contribution in [0.2, 0.25) is 0 Å². The summed E-state index contributed by atoms with van der Waals surface area (Å²) in [5.74, 6) is 1.72. The van der Waals surface area contributed by atoms with Crippen molar-refractivity contribution in [1.29, 1.82) is 0 Å². The lowest BCUT2D eigenvalue weighted by molar-refractivity contribution is -0.121. The molecule has 2 bridgehead atoms. The van der Waals surface area contributed by atoms with Crippen LogP contribution < -0.4 is 20.5 Å². The molecule has 3 aromatic heterocycles. The largest absolute Gasteiger partial charge is 0.480 e. The number of hydrogen-bond acceptors (Lipinski definition) is 8. The second-order valence-electron chi connectivity index (χ2n) is 10.9. The van der Waals surface area contributed by atoms with Crippen LogP contribution in [0.1, 0.15) is 30.4 Å². The van der Waals surface area contributed by atoms with Crippen LogP contribution in [0.5, 0.6) is 5.75 Å². The normalized spacial score (nSPS) is 19.1. The standard InChI is InChI=1S/C29H28N8O3/c1-34-14-9-18-15-19(5-6-21(18)29(34)10-11-29)31-28-30-16-20-25(33-28)37-23-8-7-22-26(32-23)35(24(38)17-40-22)12-3-2-4-13-36(37)27(20)39/h2,4-8,15-16H,3,9-14,17H2,1H3,(H,30,31,33). The number of aromatic nitrogens is 5. The Morgan fingerprint density at radius 3 is 2.83 bits per heavy atom. The average Bonchev–Trinajstić information content (AvgIpc) is 3.71. The monoisotopic (exact) mass is 536 g/mol. The first-order chi connectivity index (χ1) is 19.5. The lowest BCUT2D eigenvalue weighted by atomic mass is 9.90. The van der Waals surface area contributed by atoms with E-state index in [0.29, 0.717) is 53.9 Å². The highest BCUT2D eigenvalue weighted by Crippen LogP contribution is 2.53. The quantitative estimate of drug-likeness (QED) is 0.390. The third kappa shape index (κ3) is 3.43. The van der Waals surface area contributed by atoms with E-state index in [1.165, 1.54) is 24.0 Å². The van der Waals surface area contributed by atoms with Crippen molar-refractivity contribution < 1.29 is 9.53 Å². The van der Waals surface area contributed by atoms with Gasteiger partial charge in [0.2, 0.25) is 5.95 Å². The molecule has 1 fully saturated rings. The Bertz CT molecular complexity index is 1800. The van der Waals surface area contributed by atoms with Crippen LogP contribution in [0.25, 0.3) is 16.9 Å². The van der Waals surface area contributed by atoms with E-state index >= 15 is 0 Å². The molecule has 0 radical (unpaired) electrons. The summed E-state index contributed by atoms with van der Waals surface area (Å²) in [7, 11) is 2.22. The number of nitrogens with zero attached hydrogens (tertiary/aromatic N) is 7. The van der Waals surface area contributed by atoms with Crippen LogP contribution in [-0.2, 0) is 23.3 Å². The summed E-state index contributed by atoms with van der Waals surface area (Å²) in [5, 5.41) is 3.75. The Morgan fingerprint density at radius 1 is 1.05 bits per heavy atom. The fourth-order valence-corrected chi connectivity index (χ4v) is 6.34. The molecule has 1 N–H and O–H groups in total. The van der Waals surface area contributed by atoms with Crippen molar-refractivity contribution in [1.82, 2.24) is 29.2 Å². The molecule has 1 aliphatic carbocycles. The molecule has 1 spiro atoms. The molecule has 6 heterocycles. The molecule has 0 unspecified atom stereocenters. The summed E-state index contributed by atoms with van der Waals surface area (Å²) in [6, 6.07) is 10.1.